The Hall–Kier alpha value is -1.79. The molecule has 0 spiro atoms. The number of carbonyl (C=O) groups is 1. The second-order valence-electron chi connectivity index (χ2n) is 4.69. The number of aliphatic hydroxyl groups is 1. The number of ether oxygens (including phenoxy) is 1. The molecule has 2 atom stereocenters. The predicted molar refractivity (Wildman–Crippen MR) is 72.9 cm³/mol. The molecule has 0 aliphatic carbocycles. The van der Waals surface area contributed by atoms with E-state index >= 15 is 0 Å². The number of nitrogens with zero attached hydrogens (tertiary/aromatic N) is 1. The second-order valence-corrected chi connectivity index (χ2v) is 4.69. The number of aliphatic hydroxyl groups excluding tert-OH is 1. The van der Waals surface area contributed by atoms with Gasteiger partial charge in [-0.3, -0.25) is 0 Å². The highest BCUT2D eigenvalue weighted by atomic mass is 16.5. The zero-order chi connectivity index (χ0) is 13.8. The van der Waals surface area contributed by atoms with Crippen LogP contribution in [0.3, 0.4) is 0 Å². The third kappa shape index (κ3) is 3.36. The van der Waals surface area contributed by atoms with Crippen LogP contribution in [0.5, 0.6) is 0 Å². The number of urea groups is 1. The fraction of sp³-hybridized carbons (Fsp3) is 0.462. The van der Waals surface area contributed by atoms with Gasteiger partial charge in [-0.05, 0) is 25.1 Å². The molecule has 0 aromatic heterocycles. The van der Waals surface area contributed by atoms with Crippen LogP contribution in [-0.4, -0.2) is 47.9 Å². The molecular weight excluding hydrogens is 246 g/mol. The number of nitrogens with one attached hydrogen (secondary N) is 1. The average Bonchev–Trinajstić information content (AvgIpc) is 2.39. The quantitative estimate of drug-likeness (QED) is 0.693. The lowest BCUT2D eigenvalue weighted by atomic mass is 10.2. The molecule has 0 radical (unpaired) electrons. The Morgan fingerprint density at radius 2 is 2.42 bits per heavy atom. The predicted octanol–water partition coefficient (Wildman–Crippen LogP) is 0.882. The minimum absolute atomic E-state index is 0.0242. The summed E-state index contributed by atoms with van der Waals surface area (Å²) in [5, 5.41) is 11.9. The minimum Gasteiger partial charge on any atom is -0.399 e. The van der Waals surface area contributed by atoms with Gasteiger partial charge in [0.25, 0.3) is 0 Å². The first kappa shape index (κ1) is 13.6. The molecule has 4 N–H and O–H groups in total. The number of hydrogen-bond donors (Lipinski definition) is 3. The Morgan fingerprint density at radius 1 is 1.63 bits per heavy atom. The SMILES string of the molecule is CC1COC(CO)CN1C(=O)Nc1cccc(N)c1. The van der Waals surface area contributed by atoms with Gasteiger partial charge in [0.2, 0.25) is 0 Å². The van der Waals surface area contributed by atoms with Crippen molar-refractivity contribution < 1.29 is 14.6 Å². The summed E-state index contributed by atoms with van der Waals surface area (Å²) in [5.41, 5.74) is 6.92. The van der Waals surface area contributed by atoms with Gasteiger partial charge >= 0.3 is 6.03 Å². The van der Waals surface area contributed by atoms with Crippen molar-refractivity contribution >= 4 is 17.4 Å². The fourth-order valence-electron chi connectivity index (χ4n) is 2.02. The van der Waals surface area contributed by atoms with Crippen LogP contribution in [0.1, 0.15) is 6.92 Å². The number of morpholine rings is 1. The minimum atomic E-state index is -0.317. The number of hydrogen-bond acceptors (Lipinski definition) is 4. The molecule has 104 valence electrons. The highest BCUT2D eigenvalue weighted by molar-refractivity contribution is 5.90. The van der Waals surface area contributed by atoms with E-state index in [1.165, 1.54) is 0 Å². The zero-order valence-corrected chi connectivity index (χ0v) is 10.9. The molecule has 2 amide bonds. The molecule has 1 saturated heterocycles. The van der Waals surface area contributed by atoms with E-state index in [0.717, 1.165) is 0 Å². The largest absolute Gasteiger partial charge is 0.399 e. The Labute approximate surface area is 112 Å². The summed E-state index contributed by atoms with van der Waals surface area (Å²) < 4.78 is 5.40. The van der Waals surface area contributed by atoms with Crippen LogP contribution in [0.25, 0.3) is 0 Å². The summed E-state index contributed by atoms with van der Waals surface area (Å²) >= 11 is 0. The third-order valence-electron chi connectivity index (χ3n) is 3.11. The monoisotopic (exact) mass is 265 g/mol. The fourth-order valence-corrected chi connectivity index (χ4v) is 2.02. The maximum atomic E-state index is 12.2. The first-order chi connectivity index (χ1) is 9.10. The normalized spacial score (nSPS) is 23.2. The standard InChI is InChI=1S/C13H19N3O3/c1-9-8-19-12(7-17)6-16(9)13(18)15-11-4-2-3-10(14)5-11/h2-5,9,12,17H,6-8,14H2,1H3,(H,15,18). The summed E-state index contributed by atoms with van der Waals surface area (Å²) in [5.74, 6) is 0. The molecule has 2 unspecified atom stereocenters. The van der Waals surface area contributed by atoms with E-state index < -0.39 is 0 Å². The average molecular weight is 265 g/mol. The zero-order valence-electron chi connectivity index (χ0n) is 10.9. The van der Waals surface area contributed by atoms with Crippen LogP contribution < -0.4 is 11.1 Å². The molecule has 19 heavy (non-hydrogen) atoms. The van der Waals surface area contributed by atoms with Crippen LogP contribution in [0, 0.1) is 0 Å². The van der Waals surface area contributed by atoms with Crippen molar-refractivity contribution in [2.24, 2.45) is 0 Å². The molecule has 1 heterocycles. The number of nitrogen functional groups attached to an aromatic ring is 1. The van der Waals surface area contributed by atoms with Gasteiger partial charge in [0.15, 0.2) is 0 Å². The summed E-state index contributed by atoms with van der Waals surface area (Å²) in [6, 6.07) is 6.79. The van der Waals surface area contributed by atoms with Gasteiger partial charge in [-0.15, -0.1) is 0 Å². The van der Waals surface area contributed by atoms with Crippen molar-refractivity contribution in [3.8, 4) is 0 Å². The molecule has 0 saturated carbocycles. The van der Waals surface area contributed by atoms with Crippen molar-refractivity contribution in [2.45, 2.75) is 19.1 Å². The summed E-state index contributed by atoms with van der Waals surface area (Å²) in [4.78, 5) is 13.8. The lowest BCUT2D eigenvalue weighted by Crippen LogP contribution is -2.53. The first-order valence-corrected chi connectivity index (χ1v) is 6.25. The maximum absolute atomic E-state index is 12.2. The Balaban J connectivity index is 2.02. The molecule has 1 aliphatic heterocycles. The van der Waals surface area contributed by atoms with Gasteiger partial charge in [0.05, 0.1) is 31.9 Å². The lowest BCUT2D eigenvalue weighted by molar-refractivity contribution is -0.0611. The van der Waals surface area contributed by atoms with Gasteiger partial charge in [0, 0.05) is 11.4 Å². The number of carbonyl (C=O) groups excluding carboxylic acids is 1. The van der Waals surface area contributed by atoms with E-state index in [2.05, 4.69) is 5.32 Å². The van der Waals surface area contributed by atoms with E-state index in [0.29, 0.717) is 24.5 Å². The van der Waals surface area contributed by atoms with Crippen LogP contribution in [0.15, 0.2) is 24.3 Å². The van der Waals surface area contributed by atoms with Crippen molar-refractivity contribution in [3.63, 3.8) is 0 Å². The van der Waals surface area contributed by atoms with Crippen molar-refractivity contribution in [1.82, 2.24) is 4.90 Å². The van der Waals surface area contributed by atoms with Gasteiger partial charge in [-0.1, -0.05) is 6.07 Å². The van der Waals surface area contributed by atoms with E-state index in [4.69, 9.17) is 15.6 Å². The molecule has 1 aromatic carbocycles. The molecule has 2 rings (SSSR count). The topological polar surface area (TPSA) is 87.8 Å². The molecule has 6 heteroatoms. The van der Waals surface area contributed by atoms with Gasteiger partial charge in [-0.25, -0.2) is 4.79 Å². The van der Waals surface area contributed by atoms with Crippen molar-refractivity contribution in [2.75, 3.05) is 30.8 Å². The molecule has 0 bridgehead atoms. The van der Waals surface area contributed by atoms with E-state index in [1.807, 2.05) is 6.92 Å². The number of benzene rings is 1. The summed E-state index contributed by atoms with van der Waals surface area (Å²) in [7, 11) is 0. The summed E-state index contributed by atoms with van der Waals surface area (Å²) in [6.45, 7) is 2.63. The van der Waals surface area contributed by atoms with E-state index in [9.17, 15) is 4.79 Å². The first-order valence-electron chi connectivity index (χ1n) is 6.25. The highest BCUT2D eigenvalue weighted by Gasteiger charge is 2.29. The summed E-state index contributed by atoms with van der Waals surface area (Å²) in [6.07, 6.45) is -0.317. The van der Waals surface area contributed by atoms with Gasteiger partial charge in [0.1, 0.15) is 0 Å². The Bertz CT molecular complexity index is 453. The smallest absolute Gasteiger partial charge is 0.322 e. The van der Waals surface area contributed by atoms with Crippen LogP contribution in [-0.2, 0) is 4.74 Å². The van der Waals surface area contributed by atoms with Gasteiger partial charge in [-0.2, -0.15) is 0 Å². The highest BCUT2D eigenvalue weighted by Crippen LogP contribution is 2.16. The van der Waals surface area contributed by atoms with E-state index in [1.54, 1.807) is 29.2 Å². The third-order valence-corrected chi connectivity index (χ3v) is 3.11. The Morgan fingerprint density at radius 3 is 3.11 bits per heavy atom. The Kier molecular flexibility index (Phi) is 4.24. The van der Waals surface area contributed by atoms with Gasteiger partial charge < -0.3 is 25.8 Å². The van der Waals surface area contributed by atoms with Crippen molar-refractivity contribution in [1.29, 1.82) is 0 Å². The van der Waals surface area contributed by atoms with Crippen LogP contribution in [0.2, 0.25) is 0 Å². The van der Waals surface area contributed by atoms with Crippen LogP contribution >= 0.6 is 0 Å². The lowest BCUT2D eigenvalue weighted by Gasteiger charge is -2.37. The molecular formula is C13H19N3O3. The second kappa shape index (κ2) is 5.90. The van der Waals surface area contributed by atoms with Crippen molar-refractivity contribution in [3.05, 3.63) is 24.3 Å². The molecule has 1 aromatic rings. The number of anilines is 2. The van der Waals surface area contributed by atoms with E-state index in [-0.39, 0.29) is 24.8 Å². The number of rotatable bonds is 2. The van der Waals surface area contributed by atoms with Crippen LogP contribution in [0.4, 0.5) is 16.2 Å². The molecule has 6 nitrogen and oxygen atoms in total. The molecule has 1 fully saturated rings. The number of amides is 2. The molecule has 1 aliphatic rings. The maximum Gasteiger partial charge on any atom is 0.322 e. The number of nitrogens with two attached hydrogens (primary N) is 1.